The fourth-order valence-corrected chi connectivity index (χ4v) is 0.875. The fraction of sp³-hybridized carbons (Fsp3) is 1.00. The van der Waals surface area contributed by atoms with E-state index in [0.717, 1.165) is 39.1 Å². The summed E-state index contributed by atoms with van der Waals surface area (Å²) < 4.78 is 5.20. The summed E-state index contributed by atoms with van der Waals surface area (Å²) in [6.07, 6.45) is 2.11. The van der Waals surface area contributed by atoms with E-state index in [-0.39, 0.29) is 0 Å². The number of nitrogens with two attached hydrogens (primary N) is 1. The first-order chi connectivity index (χ1) is 5.81. The summed E-state index contributed by atoms with van der Waals surface area (Å²) in [6, 6.07) is 0.303. The second kappa shape index (κ2) is 8.97. The van der Waals surface area contributed by atoms with Crippen molar-refractivity contribution >= 4 is 0 Å². The molecule has 1 unspecified atom stereocenters. The molecule has 3 N–H and O–H groups in total. The van der Waals surface area contributed by atoms with E-state index in [4.69, 9.17) is 10.5 Å². The van der Waals surface area contributed by atoms with E-state index in [9.17, 15) is 0 Å². The van der Waals surface area contributed by atoms with Crippen LogP contribution in [0.4, 0.5) is 0 Å². The van der Waals surface area contributed by atoms with E-state index in [0.29, 0.717) is 6.04 Å². The third-order valence-electron chi connectivity index (χ3n) is 1.78. The number of rotatable bonds is 8. The molecule has 0 rings (SSSR count). The topological polar surface area (TPSA) is 47.3 Å². The molecule has 1 atom stereocenters. The number of hydrogen-bond acceptors (Lipinski definition) is 3. The zero-order valence-corrected chi connectivity index (χ0v) is 8.31. The van der Waals surface area contributed by atoms with E-state index in [1.807, 2.05) is 6.92 Å². The van der Waals surface area contributed by atoms with Gasteiger partial charge in [-0.2, -0.15) is 0 Å². The molecule has 0 heterocycles. The minimum atomic E-state index is 0.303. The molecular weight excluding hydrogens is 152 g/mol. The van der Waals surface area contributed by atoms with Crippen LogP contribution in [-0.4, -0.2) is 32.3 Å². The molecule has 0 aromatic heterocycles. The Morgan fingerprint density at radius 3 is 2.75 bits per heavy atom. The lowest BCUT2D eigenvalue weighted by atomic mass is 10.2. The van der Waals surface area contributed by atoms with Crippen LogP contribution in [0.2, 0.25) is 0 Å². The van der Waals surface area contributed by atoms with Gasteiger partial charge in [0.1, 0.15) is 0 Å². The molecule has 3 nitrogen and oxygen atoms in total. The summed E-state index contributed by atoms with van der Waals surface area (Å²) in [5, 5.41) is 3.29. The fourth-order valence-electron chi connectivity index (χ4n) is 0.875. The van der Waals surface area contributed by atoms with Gasteiger partial charge in [-0.05, 0) is 26.3 Å². The molecule has 0 aromatic rings. The summed E-state index contributed by atoms with van der Waals surface area (Å²) in [7, 11) is 0. The molecule has 0 aliphatic carbocycles. The summed E-state index contributed by atoms with van der Waals surface area (Å²) >= 11 is 0. The lowest BCUT2D eigenvalue weighted by Gasteiger charge is -2.09. The standard InChI is InChI=1S/C9H22N2O/c1-3-9(10)8-11-6-5-7-12-4-2/h9,11H,3-8,10H2,1-2H3. The van der Waals surface area contributed by atoms with Crippen molar-refractivity contribution in [3.8, 4) is 0 Å². The van der Waals surface area contributed by atoms with Crippen molar-refractivity contribution in [2.24, 2.45) is 5.73 Å². The highest BCUT2D eigenvalue weighted by molar-refractivity contribution is 4.61. The van der Waals surface area contributed by atoms with Crippen LogP contribution < -0.4 is 11.1 Å². The van der Waals surface area contributed by atoms with Crippen molar-refractivity contribution in [3.05, 3.63) is 0 Å². The minimum absolute atomic E-state index is 0.303. The maximum Gasteiger partial charge on any atom is 0.0477 e. The molecule has 0 aliphatic heterocycles. The van der Waals surface area contributed by atoms with Crippen LogP contribution in [0.1, 0.15) is 26.7 Å². The normalized spacial score (nSPS) is 13.2. The van der Waals surface area contributed by atoms with E-state index < -0.39 is 0 Å². The summed E-state index contributed by atoms with van der Waals surface area (Å²) in [5.74, 6) is 0. The number of nitrogens with one attached hydrogen (secondary N) is 1. The van der Waals surface area contributed by atoms with E-state index in [1.165, 1.54) is 0 Å². The second-order valence-corrected chi connectivity index (χ2v) is 2.92. The van der Waals surface area contributed by atoms with Gasteiger partial charge in [0, 0.05) is 25.8 Å². The molecule has 12 heavy (non-hydrogen) atoms. The highest BCUT2D eigenvalue weighted by Crippen LogP contribution is 1.84. The Morgan fingerprint density at radius 2 is 2.17 bits per heavy atom. The van der Waals surface area contributed by atoms with Gasteiger partial charge in [-0.25, -0.2) is 0 Å². The van der Waals surface area contributed by atoms with Gasteiger partial charge in [0.05, 0.1) is 0 Å². The first-order valence-electron chi connectivity index (χ1n) is 4.85. The average Bonchev–Trinajstić information content (AvgIpc) is 2.10. The van der Waals surface area contributed by atoms with Crippen LogP contribution in [0.25, 0.3) is 0 Å². The molecule has 0 amide bonds. The molecule has 0 radical (unpaired) electrons. The molecule has 0 fully saturated rings. The summed E-state index contributed by atoms with van der Waals surface area (Å²) in [6.45, 7) is 7.71. The van der Waals surface area contributed by atoms with Gasteiger partial charge < -0.3 is 15.8 Å². The smallest absolute Gasteiger partial charge is 0.0477 e. The lowest BCUT2D eigenvalue weighted by Crippen LogP contribution is -2.33. The molecule has 0 bridgehead atoms. The van der Waals surface area contributed by atoms with Crippen molar-refractivity contribution < 1.29 is 4.74 Å². The maximum atomic E-state index is 5.72. The number of ether oxygens (including phenoxy) is 1. The second-order valence-electron chi connectivity index (χ2n) is 2.92. The Kier molecular flexibility index (Phi) is 8.88. The minimum Gasteiger partial charge on any atom is -0.382 e. The van der Waals surface area contributed by atoms with E-state index in [2.05, 4.69) is 12.2 Å². The van der Waals surface area contributed by atoms with Crippen LogP contribution in [0, 0.1) is 0 Å². The molecule has 0 saturated heterocycles. The third-order valence-corrected chi connectivity index (χ3v) is 1.78. The lowest BCUT2D eigenvalue weighted by molar-refractivity contribution is 0.144. The Morgan fingerprint density at radius 1 is 1.42 bits per heavy atom. The first-order valence-corrected chi connectivity index (χ1v) is 4.85. The Labute approximate surface area is 75.7 Å². The highest BCUT2D eigenvalue weighted by atomic mass is 16.5. The Hall–Kier alpha value is -0.120. The monoisotopic (exact) mass is 174 g/mol. The summed E-state index contributed by atoms with van der Waals surface area (Å²) in [4.78, 5) is 0. The first kappa shape index (κ1) is 11.9. The van der Waals surface area contributed by atoms with Gasteiger partial charge in [0.15, 0.2) is 0 Å². The molecule has 0 aliphatic rings. The van der Waals surface area contributed by atoms with Crippen LogP contribution in [-0.2, 0) is 4.74 Å². The van der Waals surface area contributed by atoms with Crippen molar-refractivity contribution in [2.45, 2.75) is 32.7 Å². The van der Waals surface area contributed by atoms with E-state index >= 15 is 0 Å². The highest BCUT2D eigenvalue weighted by Gasteiger charge is 1.96. The van der Waals surface area contributed by atoms with Gasteiger partial charge in [0.25, 0.3) is 0 Å². The third kappa shape index (κ3) is 7.98. The SMILES string of the molecule is CCOCCCNCC(N)CC. The predicted octanol–water partition coefficient (Wildman–Crippen LogP) is 0.740. The van der Waals surface area contributed by atoms with E-state index in [1.54, 1.807) is 0 Å². The molecular formula is C9H22N2O. The average molecular weight is 174 g/mol. The molecule has 74 valence electrons. The predicted molar refractivity (Wildman–Crippen MR) is 52.2 cm³/mol. The van der Waals surface area contributed by atoms with Crippen LogP contribution in [0.3, 0.4) is 0 Å². The van der Waals surface area contributed by atoms with Gasteiger partial charge in [-0.3, -0.25) is 0 Å². The van der Waals surface area contributed by atoms with Crippen LogP contribution in [0.15, 0.2) is 0 Å². The van der Waals surface area contributed by atoms with Crippen LogP contribution in [0.5, 0.6) is 0 Å². The zero-order chi connectivity index (χ0) is 9.23. The molecule has 0 spiro atoms. The van der Waals surface area contributed by atoms with Crippen LogP contribution >= 0.6 is 0 Å². The van der Waals surface area contributed by atoms with Gasteiger partial charge >= 0.3 is 0 Å². The van der Waals surface area contributed by atoms with Gasteiger partial charge in [-0.15, -0.1) is 0 Å². The molecule has 3 heteroatoms. The van der Waals surface area contributed by atoms with Gasteiger partial charge in [0.2, 0.25) is 0 Å². The molecule has 0 saturated carbocycles. The zero-order valence-electron chi connectivity index (χ0n) is 8.31. The molecule has 0 aromatic carbocycles. The van der Waals surface area contributed by atoms with Crippen molar-refractivity contribution in [2.75, 3.05) is 26.3 Å². The Bertz CT molecular complexity index is 88.6. The number of hydrogen-bond donors (Lipinski definition) is 2. The van der Waals surface area contributed by atoms with Gasteiger partial charge in [-0.1, -0.05) is 6.92 Å². The Balaban J connectivity index is 2.90. The van der Waals surface area contributed by atoms with Crippen molar-refractivity contribution in [1.82, 2.24) is 5.32 Å². The van der Waals surface area contributed by atoms with Crippen molar-refractivity contribution in [1.29, 1.82) is 0 Å². The maximum absolute atomic E-state index is 5.72. The summed E-state index contributed by atoms with van der Waals surface area (Å²) in [5.41, 5.74) is 5.72. The largest absolute Gasteiger partial charge is 0.382 e. The van der Waals surface area contributed by atoms with Crippen molar-refractivity contribution in [3.63, 3.8) is 0 Å². The quantitative estimate of drug-likeness (QED) is 0.534.